The van der Waals surface area contributed by atoms with E-state index in [1.807, 2.05) is 31.2 Å². The van der Waals surface area contributed by atoms with Gasteiger partial charge in [0, 0.05) is 13.1 Å². The Kier molecular flexibility index (Phi) is 5.11. The van der Waals surface area contributed by atoms with Crippen LogP contribution in [0.25, 0.3) is 0 Å². The van der Waals surface area contributed by atoms with Crippen molar-refractivity contribution >= 4 is 17.3 Å². The number of hydrogen-bond donors (Lipinski definition) is 1. The lowest BCUT2D eigenvalue weighted by Crippen LogP contribution is -2.36. The summed E-state index contributed by atoms with van der Waals surface area (Å²) in [5.41, 5.74) is 3.42. The summed E-state index contributed by atoms with van der Waals surface area (Å²) in [6, 6.07) is 12.3. The van der Waals surface area contributed by atoms with Gasteiger partial charge < -0.3 is 15.0 Å². The number of hydrogen-bond acceptors (Lipinski definition) is 3. The molecule has 126 valence electrons. The summed E-state index contributed by atoms with van der Waals surface area (Å²) in [6.07, 6.45) is 0.263. The first kappa shape index (κ1) is 16.5. The van der Waals surface area contributed by atoms with Crippen molar-refractivity contribution in [3.63, 3.8) is 0 Å². The van der Waals surface area contributed by atoms with E-state index in [2.05, 4.69) is 10.2 Å². The summed E-state index contributed by atoms with van der Waals surface area (Å²) in [5, 5.41) is 2.85. The summed E-state index contributed by atoms with van der Waals surface area (Å²) in [4.78, 5) is 14.4. The van der Waals surface area contributed by atoms with E-state index >= 15 is 0 Å². The smallest absolute Gasteiger partial charge is 0.228 e. The van der Waals surface area contributed by atoms with Crippen LogP contribution in [0, 0.1) is 12.7 Å². The Labute approximate surface area is 141 Å². The minimum absolute atomic E-state index is 0.154. The van der Waals surface area contributed by atoms with Gasteiger partial charge in [-0.1, -0.05) is 29.8 Å². The lowest BCUT2D eigenvalue weighted by Gasteiger charge is -2.30. The number of benzene rings is 2. The maximum atomic E-state index is 13.6. The van der Waals surface area contributed by atoms with Crippen LogP contribution in [0.2, 0.25) is 0 Å². The zero-order chi connectivity index (χ0) is 16.9. The molecule has 1 aliphatic rings. The van der Waals surface area contributed by atoms with E-state index in [9.17, 15) is 9.18 Å². The molecule has 1 N–H and O–H groups in total. The molecule has 1 amide bonds. The van der Waals surface area contributed by atoms with Crippen molar-refractivity contribution in [2.45, 2.75) is 13.3 Å². The fourth-order valence-electron chi connectivity index (χ4n) is 2.77. The predicted molar refractivity (Wildman–Crippen MR) is 92.9 cm³/mol. The quantitative estimate of drug-likeness (QED) is 0.937. The molecule has 0 bridgehead atoms. The molecule has 4 nitrogen and oxygen atoms in total. The van der Waals surface area contributed by atoms with Crippen molar-refractivity contribution in [3.05, 3.63) is 59.4 Å². The number of amides is 1. The summed E-state index contributed by atoms with van der Waals surface area (Å²) in [5.74, 6) is -0.517. The fraction of sp³-hybridized carbons (Fsp3) is 0.316. The van der Waals surface area contributed by atoms with Crippen molar-refractivity contribution in [2.24, 2.45) is 0 Å². The first-order valence-electron chi connectivity index (χ1n) is 8.09. The van der Waals surface area contributed by atoms with Crippen LogP contribution in [-0.4, -0.2) is 32.2 Å². The number of anilines is 2. The van der Waals surface area contributed by atoms with E-state index in [1.54, 1.807) is 6.07 Å². The number of nitrogens with zero attached hydrogens (tertiary/aromatic N) is 1. The molecule has 1 heterocycles. The van der Waals surface area contributed by atoms with Crippen molar-refractivity contribution in [3.8, 4) is 0 Å². The third-order valence-electron chi connectivity index (χ3n) is 4.07. The van der Waals surface area contributed by atoms with Gasteiger partial charge in [0.05, 0.1) is 31.0 Å². The van der Waals surface area contributed by atoms with Crippen LogP contribution in [0.3, 0.4) is 0 Å². The van der Waals surface area contributed by atoms with Crippen LogP contribution in [0.1, 0.15) is 11.1 Å². The molecule has 2 aromatic carbocycles. The molecule has 0 saturated carbocycles. The molecule has 24 heavy (non-hydrogen) atoms. The summed E-state index contributed by atoms with van der Waals surface area (Å²) in [7, 11) is 0. The highest BCUT2D eigenvalue weighted by molar-refractivity contribution is 5.95. The first-order chi connectivity index (χ1) is 11.6. The highest BCUT2D eigenvalue weighted by Crippen LogP contribution is 2.27. The van der Waals surface area contributed by atoms with Gasteiger partial charge in [-0.3, -0.25) is 4.79 Å². The molecule has 1 aliphatic heterocycles. The second-order valence-electron chi connectivity index (χ2n) is 5.97. The second-order valence-corrected chi connectivity index (χ2v) is 5.97. The average Bonchev–Trinajstić information content (AvgIpc) is 2.58. The van der Waals surface area contributed by atoms with Crippen LogP contribution < -0.4 is 10.2 Å². The molecule has 5 heteroatoms. The monoisotopic (exact) mass is 328 g/mol. The van der Waals surface area contributed by atoms with Crippen LogP contribution in [-0.2, 0) is 16.0 Å². The zero-order valence-electron chi connectivity index (χ0n) is 13.7. The number of carbonyl (C=O) groups is 1. The zero-order valence-corrected chi connectivity index (χ0v) is 13.7. The second kappa shape index (κ2) is 7.45. The number of rotatable bonds is 4. The third kappa shape index (κ3) is 4.11. The van der Waals surface area contributed by atoms with Gasteiger partial charge in [0.1, 0.15) is 5.82 Å². The Morgan fingerprint density at radius 1 is 1.17 bits per heavy atom. The molecule has 0 radical (unpaired) electrons. The Morgan fingerprint density at radius 3 is 2.58 bits per heavy atom. The molecule has 3 rings (SSSR count). The molecule has 0 atom stereocenters. The van der Waals surface area contributed by atoms with Gasteiger partial charge in [0.2, 0.25) is 5.91 Å². The third-order valence-corrected chi connectivity index (χ3v) is 4.07. The highest BCUT2D eigenvalue weighted by atomic mass is 19.1. The van der Waals surface area contributed by atoms with E-state index in [4.69, 9.17) is 4.74 Å². The van der Waals surface area contributed by atoms with E-state index in [-0.39, 0.29) is 18.1 Å². The van der Waals surface area contributed by atoms with E-state index in [0.29, 0.717) is 18.9 Å². The maximum absolute atomic E-state index is 13.6. The fourth-order valence-corrected chi connectivity index (χ4v) is 2.77. The van der Waals surface area contributed by atoms with Gasteiger partial charge in [0.25, 0.3) is 0 Å². The van der Waals surface area contributed by atoms with Crippen molar-refractivity contribution in [2.75, 3.05) is 36.5 Å². The first-order valence-corrected chi connectivity index (χ1v) is 8.09. The minimum Gasteiger partial charge on any atom is -0.378 e. The van der Waals surface area contributed by atoms with E-state index in [1.165, 1.54) is 12.1 Å². The normalized spacial score (nSPS) is 14.5. The van der Waals surface area contributed by atoms with Gasteiger partial charge in [-0.05, 0) is 30.7 Å². The molecular weight excluding hydrogens is 307 g/mol. The largest absolute Gasteiger partial charge is 0.378 e. The maximum Gasteiger partial charge on any atom is 0.228 e. The lowest BCUT2D eigenvalue weighted by atomic mass is 10.1. The lowest BCUT2D eigenvalue weighted by molar-refractivity contribution is -0.115. The number of halogens is 1. The average molecular weight is 328 g/mol. The van der Waals surface area contributed by atoms with Gasteiger partial charge in [-0.15, -0.1) is 0 Å². The van der Waals surface area contributed by atoms with Crippen molar-refractivity contribution in [1.82, 2.24) is 0 Å². The van der Waals surface area contributed by atoms with Gasteiger partial charge >= 0.3 is 0 Å². The minimum atomic E-state index is -0.363. The number of nitrogens with one attached hydrogen (secondary N) is 1. The molecule has 0 aromatic heterocycles. The molecule has 1 fully saturated rings. The Balaban J connectivity index is 1.74. The number of morpholine rings is 1. The van der Waals surface area contributed by atoms with Crippen LogP contribution in [0.4, 0.5) is 15.8 Å². The Morgan fingerprint density at radius 2 is 1.88 bits per heavy atom. The molecule has 2 aromatic rings. The SMILES string of the molecule is Cc1ccc(CC(=O)Nc2cc(F)ccc2N2CCOCC2)cc1. The Bertz CT molecular complexity index is 710. The molecule has 0 aliphatic carbocycles. The van der Waals surface area contributed by atoms with Crippen LogP contribution >= 0.6 is 0 Å². The molecule has 0 unspecified atom stereocenters. The van der Waals surface area contributed by atoms with Gasteiger partial charge in [-0.2, -0.15) is 0 Å². The van der Waals surface area contributed by atoms with Crippen LogP contribution in [0.15, 0.2) is 42.5 Å². The Hall–Kier alpha value is -2.40. The predicted octanol–water partition coefficient (Wildman–Crippen LogP) is 3.15. The number of carbonyl (C=O) groups excluding carboxylic acids is 1. The summed E-state index contributed by atoms with van der Waals surface area (Å²) >= 11 is 0. The highest BCUT2D eigenvalue weighted by Gasteiger charge is 2.17. The number of aryl methyl sites for hydroxylation is 1. The summed E-state index contributed by atoms with van der Waals surface area (Å²) < 4.78 is 19.0. The molecule has 0 spiro atoms. The standard InChI is InChI=1S/C19H21FN2O2/c1-14-2-4-15(5-3-14)12-19(23)21-17-13-16(20)6-7-18(17)22-8-10-24-11-9-22/h2-7,13H,8-12H2,1H3,(H,21,23). The van der Waals surface area contributed by atoms with Gasteiger partial charge in [0.15, 0.2) is 0 Å². The molecule has 1 saturated heterocycles. The number of ether oxygens (including phenoxy) is 1. The van der Waals surface area contributed by atoms with Crippen molar-refractivity contribution in [1.29, 1.82) is 0 Å². The topological polar surface area (TPSA) is 41.6 Å². The summed E-state index contributed by atoms with van der Waals surface area (Å²) in [6.45, 7) is 4.73. The van der Waals surface area contributed by atoms with E-state index in [0.717, 1.165) is 29.9 Å². The van der Waals surface area contributed by atoms with E-state index < -0.39 is 0 Å². The van der Waals surface area contributed by atoms with Gasteiger partial charge in [-0.25, -0.2) is 4.39 Å². The van der Waals surface area contributed by atoms with Crippen LogP contribution in [0.5, 0.6) is 0 Å². The van der Waals surface area contributed by atoms with Crippen molar-refractivity contribution < 1.29 is 13.9 Å². The molecular formula is C19H21FN2O2.